The molecule has 0 radical (unpaired) electrons. The summed E-state index contributed by atoms with van der Waals surface area (Å²) in [4.78, 5) is 0. The first-order valence-electron chi connectivity index (χ1n) is 4.45. The molecule has 1 aliphatic rings. The smallest absolute Gasteiger partial charge is 0.0169 e. The van der Waals surface area contributed by atoms with Crippen LogP contribution in [0.5, 0.6) is 0 Å². The van der Waals surface area contributed by atoms with E-state index < -0.39 is 0 Å². The second kappa shape index (κ2) is 5.96. The van der Waals surface area contributed by atoms with Gasteiger partial charge in [0.25, 0.3) is 0 Å². The largest absolute Gasteiger partial charge is 0.0882 e. The van der Waals surface area contributed by atoms with E-state index in [-0.39, 0.29) is 0 Å². The minimum Gasteiger partial charge on any atom is -0.0882 e. The maximum atomic E-state index is 2.28. The minimum atomic E-state index is 1.10. The highest BCUT2D eigenvalue weighted by molar-refractivity contribution is 4.98. The van der Waals surface area contributed by atoms with Crippen molar-refractivity contribution in [2.24, 2.45) is 0 Å². The molecule has 1 aliphatic carbocycles. The fourth-order valence-corrected chi connectivity index (χ4v) is 1.13. The Balaban J connectivity index is 2.34. The highest BCUT2D eigenvalue weighted by atomic mass is 13.9. The maximum Gasteiger partial charge on any atom is -0.0169 e. The molecule has 0 fully saturated rings. The quantitative estimate of drug-likeness (QED) is 0.460. The molecule has 0 saturated carbocycles. The average molecular weight is 148 g/mol. The van der Waals surface area contributed by atoms with Crippen LogP contribution in [0, 0.1) is 0 Å². The number of hydrogen-bond acceptors (Lipinski definition) is 0. The Labute approximate surface area is 69.3 Å². The summed E-state index contributed by atoms with van der Waals surface area (Å²) in [5.41, 5.74) is 0. The zero-order chi connectivity index (χ0) is 7.78. The third kappa shape index (κ3) is 4.60. The standard InChI is InChI=1S/C11H16/c1-2-4-6-8-10-11-9-7-5-3-1/h1-2,5-8H,3-4,9-11H2/b2-1?,7-5-,8-6-. The molecule has 0 aliphatic heterocycles. The second-order valence-electron chi connectivity index (χ2n) is 2.82. The summed E-state index contributed by atoms with van der Waals surface area (Å²) >= 11 is 0. The summed E-state index contributed by atoms with van der Waals surface area (Å²) in [6.45, 7) is 0. The third-order valence-electron chi connectivity index (χ3n) is 1.79. The highest BCUT2D eigenvalue weighted by Gasteiger charge is 1.81. The van der Waals surface area contributed by atoms with Crippen molar-refractivity contribution in [1.82, 2.24) is 0 Å². The van der Waals surface area contributed by atoms with Crippen LogP contribution in [0.4, 0.5) is 0 Å². The molecule has 0 saturated heterocycles. The molecular formula is C11H16. The first-order valence-corrected chi connectivity index (χ1v) is 4.45. The van der Waals surface area contributed by atoms with Crippen LogP contribution in [0.1, 0.15) is 32.1 Å². The zero-order valence-corrected chi connectivity index (χ0v) is 7.00. The normalized spacial score (nSPS) is 25.5. The first-order chi connectivity index (χ1) is 5.50. The number of allylic oxidation sites excluding steroid dienone is 6. The Morgan fingerprint density at radius 3 is 1.55 bits per heavy atom. The van der Waals surface area contributed by atoms with E-state index in [1.807, 2.05) is 0 Å². The molecule has 0 unspecified atom stereocenters. The molecule has 11 heavy (non-hydrogen) atoms. The molecule has 0 aromatic rings. The van der Waals surface area contributed by atoms with Crippen molar-refractivity contribution in [2.45, 2.75) is 32.1 Å². The zero-order valence-electron chi connectivity index (χ0n) is 7.00. The summed E-state index contributed by atoms with van der Waals surface area (Å²) in [5.74, 6) is 0. The Morgan fingerprint density at radius 2 is 1.00 bits per heavy atom. The van der Waals surface area contributed by atoms with Crippen LogP contribution in [-0.4, -0.2) is 0 Å². The van der Waals surface area contributed by atoms with E-state index >= 15 is 0 Å². The Hall–Kier alpha value is -0.780. The third-order valence-corrected chi connectivity index (χ3v) is 1.79. The van der Waals surface area contributed by atoms with Gasteiger partial charge in [-0.2, -0.15) is 0 Å². The van der Waals surface area contributed by atoms with E-state index in [0.29, 0.717) is 0 Å². The lowest BCUT2D eigenvalue weighted by Crippen LogP contribution is -1.67. The first kappa shape index (κ1) is 8.32. The molecule has 0 spiro atoms. The Morgan fingerprint density at radius 1 is 0.545 bits per heavy atom. The van der Waals surface area contributed by atoms with Crippen LogP contribution >= 0.6 is 0 Å². The molecule has 0 heteroatoms. The van der Waals surface area contributed by atoms with Gasteiger partial charge in [0.1, 0.15) is 0 Å². The van der Waals surface area contributed by atoms with Crippen LogP contribution in [0.3, 0.4) is 0 Å². The van der Waals surface area contributed by atoms with Crippen molar-refractivity contribution in [3.8, 4) is 0 Å². The molecule has 60 valence electrons. The van der Waals surface area contributed by atoms with Crippen LogP contribution in [-0.2, 0) is 0 Å². The minimum absolute atomic E-state index is 1.10. The molecule has 0 aromatic carbocycles. The maximum absolute atomic E-state index is 2.28. The van der Waals surface area contributed by atoms with Gasteiger partial charge >= 0.3 is 0 Å². The van der Waals surface area contributed by atoms with Crippen molar-refractivity contribution in [3.63, 3.8) is 0 Å². The summed E-state index contributed by atoms with van der Waals surface area (Å²) in [6.07, 6.45) is 19.5. The van der Waals surface area contributed by atoms with Gasteiger partial charge in [0, 0.05) is 0 Å². The molecular weight excluding hydrogens is 132 g/mol. The summed E-state index contributed by atoms with van der Waals surface area (Å²) in [5, 5.41) is 0. The van der Waals surface area contributed by atoms with Crippen LogP contribution in [0.15, 0.2) is 36.5 Å². The fourth-order valence-electron chi connectivity index (χ4n) is 1.13. The second-order valence-corrected chi connectivity index (χ2v) is 2.82. The van der Waals surface area contributed by atoms with Gasteiger partial charge in [0.15, 0.2) is 0 Å². The van der Waals surface area contributed by atoms with Crippen molar-refractivity contribution < 1.29 is 0 Å². The van der Waals surface area contributed by atoms with E-state index in [0.717, 1.165) is 12.8 Å². The predicted octanol–water partition coefficient (Wildman–Crippen LogP) is 3.62. The Kier molecular flexibility index (Phi) is 4.51. The van der Waals surface area contributed by atoms with Gasteiger partial charge in [-0.1, -0.05) is 36.5 Å². The van der Waals surface area contributed by atoms with Gasteiger partial charge in [0.05, 0.1) is 0 Å². The van der Waals surface area contributed by atoms with Crippen molar-refractivity contribution in [2.75, 3.05) is 0 Å². The van der Waals surface area contributed by atoms with Gasteiger partial charge in [-0.25, -0.2) is 0 Å². The average Bonchev–Trinajstić information content (AvgIpc) is 2.08. The molecule has 1 rings (SSSR count). The molecule has 0 N–H and O–H groups in total. The summed E-state index contributed by atoms with van der Waals surface area (Å²) in [6, 6.07) is 0. The lowest BCUT2D eigenvalue weighted by molar-refractivity contribution is 0.865. The molecule has 0 bridgehead atoms. The summed E-state index contributed by atoms with van der Waals surface area (Å²) < 4.78 is 0. The van der Waals surface area contributed by atoms with Gasteiger partial charge < -0.3 is 0 Å². The van der Waals surface area contributed by atoms with Crippen molar-refractivity contribution in [1.29, 1.82) is 0 Å². The molecule has 0 nitrogen and oxygen atoms in total. The Bertz CT molecular complexity index is 143. The van der Waals surface area contributed by atoms with Gasteiger partial charge in [0.2, 0.25) is 0 Å². The monoisotopic (exact) mass is 148 g/mol. The predicted molar refractivity (Wildman–Crippen MR) is 50.5 cm³/mol. The van der Waals surface area contributed by atoms with E-state index in [1.54, 1.807) is 0 Å². The topological polar surface area (TPSA) is 0 Å². The lowest BCUT2D eigenvalue weighted by atomic mass is 10.2. The highest BCUT2D eigenvalue weighted by Crippen LogP contribution is 2.02. The number of rotatable bonds is 0. The van der Waals surface area contributed by atoms with E-state index in [1.165, 1.54) is 19.3 Å². The molecule has 0 aromatic heterocycles. The van der Waals surface area contributed by atoms with Gasteiger partial charge in [-0.3, -0.25) is 0 Å². The van der Waals surface area contributed by atoms with E-state index in [4.69, 9.17) is 0 Å². The van der Waals surface area contributed by atoms with Crippen LogP contribution in [0.2, 0.25) is 0 Å². The van der Waals surface area contributed by atoms with Crippen LogP contribution in [0.25, 0.3) is 0 Å². The van der Waals surface area contributed by atoms with Crippen LogP contribution < -0.4 is 0 Å². The summed E-state index contributed by atoms with van der Waals surface area (Å²) in [7, 11) is 0. The van der Waals surface area contributed by atoms with Crippen molar-refractivity contribution in [3.05, 3.63) is 36.5 Å². The lowest BCUT2D eigenvalue weighted by Gasteiger charge is -1.88. The van der Waals surface area contributed by atoms with Crippen molar-refractivity contribution >= 4 is 0 Å². The molecule has 0 atom stereocenters. The van der Waals surface area contributed by atoms with E-state index in [9.17, 15) is 0 Å². The SMILES string of the molecule is C1=CC/C=C\CCC/C=C\C1. The number of hydrogen-bond donors (Lipinski definition) is 0. The molecule has 0 heterocycles. The molecule has 0 amide bonds. The van der Waals surface area contributed by atoms with Gasteiger partial charge in [-0.15, -0.1) is 0 Å². The van der Waals surface area contributed by atoms with Gasteiger partial charge in [-0.05, 0) is 32.1 Å². The van der Waals surface area contributed by atoms with E-state index in [2.05, 4.69) is 36.5 Å². The fraction of sp³-hybridized carbons (Fsp3) is 0.455.